The van der Waals surface area contributed by atoms with E-state index in [-0.39, 0.29) is 18.3 Å². The lowest BCUT2D eigenvalue weighted by Crippen LogP contribution is -2.27. The molecule has 0 atom stereocenters. The van der Waals surface area contributed by atoms with Crippen LogP contribution in [-0.4, -0.2) is 38.9 Å². The molecule has 136 valence electrons. The van der Waals surface area contributed by atoms with Gasteiger partial charge in [0.05, 0.1) is 11.4 Å². The highest BCUT2D eigenvalue weighted by Crippen LogP contribution is 2.19. The lowest BCUT2D eigenvalue weighted by molar-refractivity contribution is 0.0950. The Morgan fingerprint density at radius 1 is 1.15 bits per heavy atom. The van der Waals surface area contributed by atoms with Crippen LogP contribution in [0.15, 0.2) is 53.9 Å². The number of carbonyl (C=O) groups excluding carboxylic acids is 1. The Labute approximate surface area is 157 Å². The lowest BCUT2D eigenvalue weighted by atomic mass is 10.2. The van der Waals surface area contributed by atoms with Gasteiger partial charge in [0.2, 0.25) is 5.88 Å². The molecule has 0 unspecified atom stereocenters. The Balaban J connectivity index is 1.43. The molecule has 7 nitrogen and oxygen atoms in total. The second kappa shape index (κ2) is 7.50. The Bertz CT molecular complexity index is 1060. The summed E-state index contributed by atoms with van der Waals surface area (Å²) in [6.07, 6.45) is 0. The molecule has 3 heterocycles. The summed E-state index contributed by atoms with van der Waals surface area (Å²) < 4.78 is 20.3. The van der Waals surface area contributed by atoms with Gasteiger partial charge >= 0.3 is 0 Å². The van der Waals surface area contributed by atoms with Crippen LogP contribution in [-0.2, 0) is 0 Å². The topological polar surface area (TPSA) is 81.4 Å². The molecule has 0 saturated heterocycles. The van der Waals surface area contributed by atoms with Gasteiger partial charge in [-0.05, 0) is 41.8 Å². The highest BCUT2D eigenvalue weighted by Gasteiger charge is 2.11. The van der Waals surface area contributed by atoms with Crippen LogP contribution in [0.2, 0.25) is 0 Å². The molecule has 0 saturated carbocycles. The number of amides is 1. The minimum absolute atomic E-state index is 0.130. The van der Waals surface area contributed by atoms with E-state index in [2.05, 4.69) is 20.6 Å². The lowest BCUT2D eigenvalue weighted by Gasteiger charge is -2.07. The van der Waals surface area contributed by atoms with Gasteiger partial charge in [0.25, 0.3) is 5.91 Å². The van der Waals surface area contributed by atoms with Crippen molar-refractivity contribution in [3.63, 3.8) is 0 Å². The predicted octanol–water partition coefficient (Wildman–Crippen LogP) is 2.80. The minimum Gasteiger partial charge on any atom is -0.475 e. The number of nitrogens with one attached hydrogen (secondary N) is 1. The Hall–Kier alpha value is -3.33. The molecule has 0 radical (unpaired) electrons. The van der Waals surface area contributed by atoms with E-state index in [4.69, 9.17) is 4.74 Å². The van der Waals surface area contributed by atoms with Gasteiger partial charge < -0.3 is 10.1 Å². The summed E-state index contributed by atoms with van der Waals surface area (Å²) >= 11 is 1.38. The van der Waals surface area contributed by atoms with Crippen LogP contribution >= 0.6 is 11.3 Å². The van der Waals surface area contributed by atoms with Crippen LogP contribution in [0.3, 0.4) is 0 Å². The van der Waals surface area contributed by atoms with Crippen molar-refractivity contribution in [1.82, 2.24) is 25.1 Å². The van der Waals surface area contributed by atoms with Gasteiger partial charge in [-0.25, -0.2) is 4.39 Å². The number of hydrogen-bond acceptors (Lipinski definition) is 6. The van der Waals surface area contributed by atoms with Crippen molar-refractivity contribution in [3.05, 3.63) is 64.6 Å². The van der Waals surface area contributed by atoms with Crippen molar-refractivity contribution < 1.29 is 13.9 Å². The number of benzene rings is 1. The van der Waals surface area contributed by atoms with Crippen LogP contribution in [0.1, 0.15) is 9.67 Å². The van der Waals surface area contributed by atoms with E-state index < -0.39 is 0 Å². The SMILES string of the molecule is O=C(NCCOc1ccc2nnc(-c3ccc(F)cc3)n2n1)c1cccs1. The predicted molar refractivity (Wildman–Crippen MR) is 98.3 cm³/mol. The summed E-state index contributed by atoms with van der Waals surface area (Å²) in [6, 6.07) is 12.9. The molecule has 0 bridgehead atoms. The second-order valence-electron chi connectivity index (χ2n) is 5.55. The third-order valence-corrected chi connectivity index (χ3v) is 4.59. The molecular formula is C18H14FN5O2S. The minimum atomic E-state index is -0.325. The maximum atomic E-state index is 13.1. The first kappa shape index (κ1) is 17.1. The fraction of sp³-hybridized carbons (Fsp3) is 0.111. The van der Waals surface area contributed by atoms with Crippen molar-refractivity contribution >= 4 is 22.9 Å². The van der Waals surface area contributed by atoms with Crippen molar-refractivity contribution in [2.45, 2.75) is 0 Å². The monoisotopic (exact) mass is 383 g/mol. The van der Waals surface area contributed by atoms with E-state index in [9.17, 15) is 9.18 Å². The molecule has 1 N–H and O–H groups in total. The smallest absolute Gasteiger partial charge is 0.261 e. The largest absolute Gasteiger partial charge is 0.475 e. The number of ether oxygens (including phenoxy) is 1. The number of thiophene rings is 1. The standard InChI is InChI=1S/C18H14FN5O2S/c19-13-5-3-12(4-6-13)17-22-21-15-7-8-16(23-24(15)17)26-10-9-20-18(25)14-2-1-11-27-14/h1-8,11H,9-10H2,(H,20,25). The Morgan fingerprint density at radius 2 is 2.00 bits per heavy atom. The molecule has 0 aliphatic heterocycles. The molecule has 0 aliphatic carbocycles. The maximum absolute atomic E-state index is 13.1. The first-order chi connectivity index (χ1) is 13.2. The zero-order valence-corrected chi connectivity index (χ0v) is 14.8. The number of carbonyl (C=O) groups is 1. The summed E-state index contributed by atoms with van der Waals surface area (Å²) in [5, 5.41) is 17.1. The molecule has 1 amide bonds. The number of nitrogens with zero attached hydrogens (tertiary/aromatic N) is 4. The molecule has 1 aromatic carbocycles. The van der Waals surface area contributed by atoms with Gasteiger partial charge in [0.15, 0.2) is 11.5 Å². The molecule has 4 aromatic rings. The third-order valence-electron chi connectivity index (χ3n) is 3.72. The highest BCUT2D eigenvalue weighted by atomic mass is 32.1. The molecule has 9 heteroatoms. The van der Waals surface area contributed by atoms with Crippen LogP contribution in [0.25, 0.3) is 17.0 Å². The van der Waals surface area contributed by atoms with Gasteiger partial charge in [0, 0.05) is 11.6 Å². The normalized spacial score (nSPS) is 10.9. The van der Waals surface area contributed by atoms with Gasteiger partial charge in [-0.2, -0.15) is 4.52 Å². The van der Waals surface area contributed by atoms with Gasteiger partial charge in [-0.15, -0.1) is 26.6 Å². The van der Waals surface area contributed by atoms with Gasteiger partial charge in [0.1, 0.15) is 12.4 Å². The van der Waals surface area contributed by atoms with Crippen molar-refractivity contribution in [1.29, 1.82) is 0 Å². The molecular weight excluding hydrogens is 369 g/mol. The average molecular weight is 383 g/mol. The maximum Gasteiger partial charge on any atom is 0.261 e. The molecule has 3 aromatic heterocycles. The van der Waals surface area contributed by atoms with E-state index in [1.807, 2.05) is 11.4 Å². The van der Waals surface area contributed by atoms with E-state index in [1.165, 1.54) is 28.0 Å². The molecule has 0 aliphatic rings. The molecule has 0 spiro atoms. The number of aromatic nitrogens is 4. The van der Waals surface area contributed by atoms with E-state index in [1.54, 1.807) is 30.3 Å². The van der Waals surface area contributed by atoms with Crippen LogP contribution in [0.5, 0.6) is 5.88 Å². The quantitative estimate of drug-likeness (QED) is 0.518. The zero-order chi connectivity index (χ0) is 18.6. The zero-order valence-electron chi connectivity index (χ0n) is 14.0. The summed E-state index contributed by atoms with van der Waals surface area (Å²) in [5.74, 6) is 0.404. The average Bonchev–Trinajstić information content (AvgIpc) is 3.35. The Morgan fingerprint density at radius 3 is 2.78 bits per heavy atom. The van der Waals surface area contributed by atoms with E-state index in [0.717, 1.165) is 0 Å². The summed E-state index contributed by atoms with van der Waals surface area (Å²) in [7, 11) is 0. The van der Waals surface area contributed by atoms with Crippen molar-refractivity contribution in [3.8, 4) is 17.3 Å². The van der Waals surface area contributed by atoms with E-state index in [0.29, 0.717) is 34.3 Å². The summed E-state index contributed by atoms with van der Waals surface area (Å²) in [4.78, 5) is 12.5. The van der Waals surface area contributed by atoms with Crippen LogP contribution in [0.4, 0.5) is 4.39 Å². The number of hydrogen-bond donors (Lipinski definition) is 1. The third kappa shape index (κ3) is 3.77. The molecule has 0 fully saturated rings. The number of rotatable bonds is 6. The van der Waals surface area contributed by atoms with Gasteiger partial charge in [-0.1, -0.05) is 6.07 Å². The summed E-state index contributed by atoms with van der Waals surface area (Å²) in [6.45, 7) is 0.618. The fourth-order valence-electron chi connectivity index (χ4n) is 2.44. The first-order valence-corrected chi connectivity index (χ1v) is 9.01. The number of fused-ring (bicyclic) bond motifs is 1. The van der Waals surface area contributed by atoms with Crippen molar-refractivity contribution in [2.24, 2.45) is 0 Å². The second-order valence-corrected chi connectivity index (χ2v) is 6.50. The van der Waals surface area contributed by atoms with Crippen LogP contribution < -0.4 is 10.1 Å². The number of halogens is 1. The summed E-state index contributed by atoms with van der Waals surface area (Å²) in [5.41, 5.74) is 1.24. The van der Waals surface area contributed by atoms with Gasteiger partial charge in [-0.3, -0.25) is 4.79 Å². The van der Waals surface area contributed by atoms with Crippen LogP contribution in [0, 0.1) is 5.82 Å². The Kier molecular flexibility index (Phi) is 4.75. The molecule has 4 rings (SSSR count). The van der Waals surface area contributed by atoms with E-state index >= 15 is 0 Å². The molecule has 27 heavy (non-hydrogen) atoms. The highest BCUT2D eigenvalue weighted by molar-refractivity contribution is 7.12. The fourth-order valence-corrected chi connectivity index (χ4v) is 3.08. The van der Waals surface area contributed by atoms with Crippen molar-refractivity contribution in [2.75, 3.05) is 13.2 Å². The first-order valence-electron chi connectivity index (χ1n) is 8.13.